The SMILES string of the molecule is COc1ccc(CN=C(C(=O)O)c2cccc(Cl)c2)cc1. The first-order chi connectivity index (χ1) is 10.1. The average Bonchev–Trinajstić information content (AvgIpc) is 2.48. The van der Waals surface area contributed by atoms with Crippen LogP contribution in [0.1, 0.15) is 11.1 Å². The third-order valence-electron chi connectivity index (χ3n) is 2.88. The summed E-state index contributed by atoms with van der Waals surface area (Å²) in [7, 11) is 1.59. The third-order valence-corrected chi connectivity index (χ3v) is 3.11. The lowest BCUT2D eigenvalue weighted by molar-refractivity contribution is -0.129. The normalized spacial score (nSPS) is 11.2. The van der Waals surface area contributed by atoms with E-state index in [-0.39, 0.29) is 12.3 Å². The van der Waals surface area contributed by atoms with Crippen molar-refractivity contribution in [1.29, 1.82) is 0 Å². The van der Waals surface area contributed by atoms with E-state index in [9.17, 15) is 9.90 Å². The summed E-state index contributed by atoms with van der Waals surface area (Å²) in [5.74, 6) is -0.332. The Balaban J connectivity index is 2.23. The molecule has 21 heavy (non-hydrogen) atoms. The minimum Gasteiger partial charge on any atom is -0.497 e. The van der Waals surface area contributed by atoms with E-state index in [1.54, 1.807) is 31.4 Å². The Kier molecular flexibility index (Phi) is 4.95. The van der Waals surface area contributed by atoms with Crippen LogP contribution < -0.4 is 4.74 Å². The number of carboxylic acids is 1. The fraction of sp³-hybridized carbons (Fsp3) is 0.125. The molecule has 0 bridgehead atoms. The smallest absolute Gasteiger partial charge is 0.354 e. The molecule has 0 saturated carbocycles. The zero-order valence-electron chi connectivity index (χ0n) is 11.4. The second kappa shape index (κ2) is 6.90. The number of halogens is 1. The number of hydrogen-bond donors (Lipinski definition) is 1. The van der Waals surface area contributed by atoms with Crippen molar-refractivity contribution >= 4 is 23.3 Å². The minimum atomic E-state index is -1.08. The lowest BCUT2D eigenvalue weighted by Gasteiger charge is -2.04. The molecule has 0 aromatic heterocycles. The zero-order chi connectivity index (χ0) is 15.2. The van der Waals surface area contributed by atoms with Gasteiger partial charge in [-0.15, -0.1) is 0 Å². The number of aliphatic imine (C=N–C) groups is 1. The molecule has 108 valence electrons. The summed E-state index contributed by atoms with van der Waals surface area (Å²) in [5, 5.41) is 9.76. The lowest BCUT2D eigenvalue weighted by Crippen LogP contribution is -2.14. The molecule has 0 radical (unpaired) electrons. The Bertz CT molecular complexity index is 665. The van der Waals surface area contributed by atoms with Crippen LogP contribution in [0.25, 0.3) is 0 Å². The van der Waals surface area contributed by atoms with Gasteiger partial charge in [-0.2, -0.15) is 0 Å². The second-order valence-electron chi connectivity index (χ2n) is 4.33. The molecule has 0 heterocycles. The van der Waals surface area contributed by atoms with Crippen LogP contribution in [0.2, 0.25) is 5.02 Å². The molecule has 4 nitrogen and oxygen atoms in total. The molecule has 1 N–H and O–H groups in total. The molecule has 0 atom stereocenters. The average molecular weight is 304 g/mol. The van der Waals surface area contributed by atoms with Gasteiger partial charge in [0, 0.05) is 10.6 Å². The third kappa shape index (κ3) is 4.07. The van der Waals surface area contributed by atoms with Crippen LogP contribution in [0.5, 0.6) is 5.75 Å². The minimum absolute atomic E-state index is 0.00619. The van der Waals surface area contributed by atoms with E-state index >= 15 is 0 Å². The largest absolute Gasteiger partial charge is 0.497 e. The van der Waals surface area contributed by atoms with Gasteiger partial charge < -0.3 is 9.84 Å². The Morgan fingerprint density at radius 3 is 2.52 bits per heavy atom. The molecule has 0 aliphatic carbocycles. The number of benzene rings is 2. The van der Waals surface area contributed by atoms with Gasteiger partial charge in [-0.05, 0) is 29.8 Å². The van der Waals surface area contributed by atoms with Gasteiger partial charge in [0.15, 0.2) is 5.71 Å². The van der Waals surface area contributed by atoms with Crippen LogP contribution >= 0.6 is 11.6 Å². The molecule has 0 amide bonds. The van der Waals surface area contributed by atoms with E-state index in [1.807, 2.05) is 24.3 Å². The lowest BCUT2D eigenvalue weighted by atomic mass is 10.1. The van der Waals surface area contributed by atoms with Crippen molar-refractivity contribution in [2.24, 2.45) is 4.99 Å². The van der Waals surface area contributed by atoms with E-state index in [2.05, 4.69) is 4.99 Å². The first-order valence-corrected chi connectivity index (χ1v) is 6.64. The van der Waals surface area contributed by atoms with E-state index in [1.165, 1.54) is 0 Å². The molecular formula is C16H14ClNO3. The van der Waals surface area contributed by atoms with Gasteiger partial charge in [0.25, 0.3) is 0 Å². The Morgan fingerprint density at radius 2 is 1.95 bits per heavy atom. The fourth-order valence-electron chi connectivity index (χ4n) is 1.82. The number of methoxy groups -OCH3 is 1. The van der Waals surface area contributed by atoms with Crippen LogP contribution in [0, 0.1) is 0 Å². The first kappa shape index (κ1) is 15.1. The summed E-state index contributed by atoms with van der Waals surface area (Å²) < 4.78 is 5.07. The summed E-state index contributed by atoms with van der Waals surface area (Å²) in [5.41, 5.74) is 1.38. The van der Waals surface area contributed by atoms with E-state index in [0.717, 1.165) is 11.3 Å². The van der Waals surface area contributed by atoms with Crippen LogP contribution in [-0.4, -0.2) is 23.9 Å². The second-order valence-corrected chi connectivity index (χ2v) is 4.76. The fourth-order valence-corrected chi connectivity index (χ4v) is 2.01. The number of carbonyl (C=O) groups is 1. The topological polar surface area (TPSA) is 58.9 Å². The molecule has 0 unspecified atom stereocenters. The van der Waals surface area contributed by atoms with Gasteiger partial charge in [-0.25, -0.2) is 4.79 Å². The highest BCUT2D eigenvalue weighted by atomic mass is 35.5. The first-order valence-electron chi connectivity index (χ1n) is 6.27. The van der Waals surface area contributed by atoms with Gasteiger partial charge >= 0.3 is 5.97 Å². The van der Waals surface area contributed by atoms with Gasteiger partial charge in [0.05, 0.1) is 13.7 Å². The van der Waals surface area contributed by atoms with Crippen molar-refractivity contribution < 1.29 is 14.6 Å². The maximum atomic E-state index is 11.3. The van der Waals surface area contributed by atoms with E-state index < -0.39 is 5.97 Å². The van der Waals surface area contributed by atoms with Gasteiger partial charge in [0.2, 0.25) is 0 Å². The van der Waals surface area contributed by atoms with Crippen molar-refractivity contribution in [3.05, 3.63) is 64.7 Å². The number of aliphatic carboxylic acids is 1. The van der Waals surface area contributed by atoms with Crippen molar-refractivity contribution in [1.82, 2.24) is 0 Å². The van der Waals surface area contributed by atoms with Gasteiger partial charge in [-0.3, -0.25) is 4.99 Å². The van der Waals surface area contributed by atoms with E-state index in [4.69, 9.17) is 16.3 Å². The Morgan fingerprint density at radius 1 is 1.24 bits per heavy atom. The van der Waals surface area contributed by atoms with Crippen molar-refractivity contribution in [3.63, 3.8) is 0 Å². The quantitative estimate of drug-likeness (QED) is 0.861. The predicted octanol–water partition coefficient (Wildman–Crippen LogP) is 3.42. The number of rotatable bonds is 5. The zero-order valence-corrected chi connectivity index (χ0v) is 12.2. The Hall–Kier alpha value is -2.33. The molecule has 0 aliphatic heterocycles. The van der Waals surface area contributed by atoms with Crippen molar-refractivity contribution in [3.8, 4) is 5.75 Å². The molecule has 0 fully saturated rings. The molecule has 5 heteroatoms. The van der Waals surface area contributed by atoms with Crippen LogP contribution in [0.4, 0.5) is 0 Å². The molecule has 0 aliphatic rings. The number of nitrogens with zero attached hydrogens (tertiary/aromatic N) is 1. The standard InChI is InChI=1S/C16H14ClNO3/c1-21-14-7-5-11(6-8-14)10-18-15(16(19)20)12-3-2-4-13(17)9-12/h2-9H,10H2,1H3,(H,19,20). The highest BCUT2D eigenvalue weighted by molar-refractivity contribution is 6.43. The maximum Gasteiger partial charge on any atom is 0.354 e. The molecule has 0 spiro atoms. The number of carboxylic acid groups (broad SMARTS) is 1. The summed E-state index contributed by atoms with van der Waals surface area (Å²) in [6, 6.07) is 14.0. The van der Waals surface area contributed by atoms with Gasteiger partial charge in [0.1, 0.15) is 5.75 Å². The number of ether oxygens (including phenoxy) is 1. The van der Waals surface area contributed by atoms with Crippen molar-refractivity contribution in [2.45, 2.75) is 6.54 Å². The van der Waals surface area contributed by atoms with Crippen molar-refractivity contribution in [2.75, 3.05) is 7.11 Å². The molecule has 2 aromatic carbocycles. The molecule has 2 rings (SSSR count). The monoisotopic (exact) mass is 303 g/mol. The highest BCUT2D eigenvalue weighted by Gasteiger charge is 2.12. The molecular weight excluding hydrogens is 290 g/mol. The maximum absolute atomic E-state index is 11.3. The predicted molar refractivity (Wildman–Crippen MR) is 82.3 cm³/mol. The van der Waals surface area contributed by atoms with Crippen LogP contribution in [-0.2, 0) is 11.3 Å². The summed E-state index contributed by atoms with van der Waals surface area (Å²) in [6.45, 7) is 0.276. The molecule has 0 saturated heterocycles. The highest BCUT2D eigenvalue weighted by Crippen LogP contribution is 2.14. The number of hydrogen-bond acceptors (Lipinski definition) is 3. The Labute approximate surface area is 127 Å². The summed E-state index contributed by atoms with van der Waals surface area (Å²) in [6.07, 6.45) is 0. The van der Waals surface area contributed by atoms with Crippen LogP contribution in [0.3, 0.4) is 0 Å². The van der Waals surface area contributed by atoms with E-state index in [0.29, 0.717) is 10.6 Å². The van der Waals surface area contributed by atoms with Crippen LogP contribution in [0.15, 0.2) is 53.5 Å². The molecule has 2 aromatic rings. The summed E-state index contributed by atoms with van der Waals surface area (Å²) >= 11 is 5.88. The van der Waals surface area contributed by atoms with Gasteiger partial charge in [-0.1, -0.05) is 35.9 Å². The summed E-state index contributed by atoms with van der Waals surface area (Å²) in [4.78, 5) is 15.5.